The van der Waals surface area contributed by atoms with Crippen LogP contribution >= 0.6 is 11.8 Å². The number of fused-ring (bicyclic) bond motifs is 1. The quantitative estimate of drug-likeness (QED) is 0.738. The summed E-state index contributed by atoms with van der Waals surface area (Å²) in [6, 6.07) is 1.13. The van der Waals surface area contributed by atoms with Gasteiger partial charge in [-0.3, -0.25) is 4.99 Å². The van der Waals surface area contributed by atoms with Crippen molar-refractivity contribution in [2.75, 3.05) is 19.0 Å². The maximum atomic E-state index is 5.36. The number of thioether (sulfide) groups is 1. The molecule has 4 heteroatoms. The van der Waals surface area contributed by atoms with Crippen LogP contribution in [-0.2, 0) is 4.74 Å². The Morgan fingerprint density at radius 3 is 3.20 bits per heavy atom. The lowest BCUT2D eigenvalue weighted by atomic mass is 10.1. The second-order valence-electron chi connectivity index (χ2n) is 4.71. The van der Waals surface area contributed by atoms with Crippen molar-refractivity contribution in [2.24, 2.45) is 10.9 Å². The van der Waals surface area contributed by atoms with Gasteiger partial charge in [-0.05, 0) is 25.2 Å². The van der Waals surface area contributed by atoms with Gasteiger partial charge in [0.2, 0.25) is 0 Å². The highest BCUT2D eigenvalue weighted by atomic mass is 32.2. The van der Waals surface area contributed by atoms with Crippen LogP contribution in [0, 0.1) is 5.92 Å². The van der Waals surface area contributed by atoms with Crippen molar-refractivity contribution in [1.82, 2.24) is 5.32 Å². The van der Waals surface area contributed by atoms with Gasteiger partial charge in [0.25, 0.3) is 0 Å². The Morgan fingerprint density at radius 2 is 2.33 bits per heavy atom. The zero-order valence-electron chi connectivity index (χ0n) is 8.95. The van der Waals surface area contributed by atoms with E-state index >= 15 is 0 Å². The van der Waals surface area contributed by atoms with Crippen LogP contribution in [0.3, 0.4) is 0 Å². The number of aliphatic imine (C=N–C) groups is 1. The van der Waals surface area contributed by atoms with Gasteiger partial charge in [-0.15, -0.1) is 0 Å². The van der Waals surface area contributed by atoms with Gasteiger partial charge in [0.05, 0.1) is 18.7 Å². The van der Waals surface area contributed by atoms with Crippen LogP contribution in [0.1, 0.15) is 25.7 Å². The second kappa shape index (κ2) is 4.34. The molecule has 15 heavy (non-hydrogen) atoms. The molecule has 0 aromatic rings. The number of nitrogens with zero attached hydrogens (tertiary/aromatic N) is 1. The third-order valence-electron chi connectivity index (χ3n) is 3.59. The maximum Gasteiger partial charge on any atom is 0.157 e. The second-order valence-corrected chi connectivity index (χ2v) is 5.72. The number of rotatable bonds is 1. The van der Waals surface area contributed by atoms with E-state index in [1.807, 2.05) is 11.8 Å². The summed E-state index contributed by atoms with van der Waals surface area (Å²) in [6.07, 6.45) is 5.20. The monoisotopic (exact) mass is 226 g/mol. The Hall–Kier alpha value is -0.220. The van der Waals surface area contributed by atoms with Crippen molar-refractivity contribution in [2.45, 2.75) is 37.8 Å². The molecule has 1 saturated heterocycles. The van der Waals surface area contributed by atoms with Gasteiger partial charge in [-0.25, -0.2) is 0 Å². The first-order valence-corrected chi connectivity index (χ1v) is 6.95. The van der Waals surface area contributed by atoms with E-state index in [9.17, 15) is 0 Å². The van der Waals surface area contributed by atoms with Crippen LogP contribution in [0.4, 0.5) is 0 Å². The predicted octanol–water partition coefficient (Wildman–Crippen LogP) is 1.64. The molecule has 0 bridgehead atoms. The predicted molar refractivity (Wildman–Crippen MR) is 63.4 cm³/mol. The van der Waals surface area contributed by atoms with Crippen molar-refractivity contribution >= 4 is 16.9 Å². The van der Waals surface area contributed by atoms with Crippen molar-refractivity contribution in [1.29, 1.82) is 0 Å². The first-order chi connectivity index (χ1) is 7.42. The Balaban J connectivity index is 1.61. The van der Waals surface area contributed by atoms with Crippen LogP contribution < -0.4 is 5.32 Å². The molecule has 2 heterocycles. The highest BCUT2D eigenvalue weighted by Crippen LogP contribution is 2.35. The molecular formula is C11H18N2OS. The molecule has 1 aliphatic carbocycles. The summed E-state index contributed by atoms with van der Waals surface area (Å²) in [5, 5.41) is 4.69. The average molecular weight is 226 g/mol. The summed E-state index contributed by atoms with van der Waals surface area (Å²) in [7, 11) is 0. The zero-order valence-corrected chi connectivity index (χ0v) is 9.76. The van der Waals surface area contributed by atoms with Gasteiger partial charge in [0.1, 0.15) is 0 Å². The number of amidine groups is 1. The van der Waals surface area contributed by atoms with E-state index in [2.05, 4.69) is 5.32 Å². The Morgan fingerprint density at radius 1 is 1.33 bits per heavy atom. The maximum absolute atomic E-state index is 5.36. The summed E-state index contributed by atoms with van der Waals surface area (Å²) >= 11 is 1.91. The fraction of sp³-hybridized carbons (Fsp3) is 0.909. The lowest BCUT2D eigenvalue weighted by molar-refractivity contribution is 0.192. The number of hydrogen-bond donors (Lipinski definition) is 1. The van der Waals surface area contributed by atoms with Crippen LogP contribution in [0.15, 0.2) is 4.99 Å². The standard InChI is InChI=1S/C11H18N2OS/c1-2-8-7-15-11(13-10(8)3-1)12-9-4-5-14-6-9/h8-10H,1-7H2,(H,12,13). The molecule has 2 aliphatic heterocycles. The topological polar surface area (TPSA) is 33.6 Å². The summed E-state index contributed by atoms with van der Waals surface area (Å²) < 4.78 is 5.36. The largest absolute Gasteiger partial charge is 0.379 e. The van der Waals surface area contributed by atoms with Crippen molar-refractivity contribution in [3.63, 3.8) is 0 Å². The lowest BCUT2D eigenvalue weighted by Gasteiger charge is -2.25. The van der Waals surface area contributed by atoms with Gasteiger partial charge in [-0.2, -0.15) is 0 Å². The Kier molecular flexibility index (Phi) is 2.88. The van der Waals surface area contributed by atoms with E-state index in [1.165, 1.54) is 30.2 Å². The summed E-state index contributed by atoms with van der Waals surface area (Å²) in [6.45, 7) is 1.76. The minimum absolute atomic E-state index is 0.509. The molecule has 2 fully saturated rings. The van der Waals surface area contributed by atoms with Crippen LogP contribution in [0.25, 0.3) is 0 Å². The molecule has 0 aromatic heterocycles. The highest BCUT2D eigenvalue weighted by Gasteiger charge is 2.31. The molecule has 0 radical (unpaired) electrons. The smallest absolute Gasteiger partial charge is 0.157 e. The molecule has 3 unspecified atom stereocenters. The zero-order chi connectivity index (χ0) is 10.1. The Labute approximate surface area is 95.1 Å². The summed E-state index contributed by atoms with van der Waals surface area (Å²) in [5.41, 5.74) is 0. The van der Waals surface area contributed by atoms with Crippen LogP contribution in [0.5, 0.6) is 0 Å². The number of hydrogen-bond acceptors (Lipinski definition) is 4. The van der Waals surface area contributed by atoms with Crippen LogP contribution in [-0.4, -0.2) is 36.2 Å². The minimum atomic E-state index is 0.509. The van der Waals surface area contributed by atoms with Gasteiger partial charge in [-0.1, -0.05) is 18.2 Å². The van der Waals surface area contributed by atoms with E-state index in [0.717, 1.165) is 25.6 Å². The molecule has 84 valence electrons. The molecule has 0 aromatic carbocycles. The third kappa shape index (κ3) is 2.16. The number of nitrogens with one attached hydrogen (secondary N) is 1. The van der Waals surface area contributed by atoms with Gasteiger partial charge in [0, 0.05) is 12.4 Å². The molecule has 3 aliphatic rings. The summed E-state index contributed by atoms with van der Waals surface area (Å²) in [5.74, 6) is 2.13. The van der Waals surface area contributed by atoms with E-state index < -0.39 is 0 Å². The van der Waals surface area contributed by atoms with Crippen molar-refractivity contribution in [3.05, 3.63) is 0 Å². The van der Waals surface area contributed by atoms with Gasteiger partial charge in [0.15, 0.2) is 5.17 Å². The number of ether oxygens (including phenoxy) is 1. The average Bonchev–Trinajstić information content (AvgIpc) is 2.87. The third-order valence-corrected chi connectivity index (χ3v) is 4.68. The van der Waals surface area contributed by atoms with Crippen molar-refractivity contribution < 1.29 is 4.74 Å². The Bertz CT molecular complexity index is 263. The van der Waals surface area contributed by atoms with Crippen molar-refractivity contribution in [3.8, 4) is 0 Å². The normalized spacial score (nSPS) is 40.0. The fourth-order valence-electron chi connectivity index (χ4n) is 2.66. The molecule has 3 atom stereocenters. The molecule has 0 amide bonds. The van der Waals surface area contributed by atoms with E-state index in [1.54, 1.807) is 0 Å². The van der Waals surface area contributed by atoms with Gasteiger partial charge >= 0.3 is 0 Å². The van der Waals surface area contributed by atoms with Gasteiger partial charge < -0.3 is 10.1 Å². The molecule has 1 N–H and O–H groups in total. The molecule has 0 spiro atoms. The molecular weight excluding hydrogens is 208 g/mol. The molecule has 3 nitrogen and oxygen atoms in total. The molecule has 3 rings (SSSR count). The first-order valence-electron chi connectivity index (χ1n) is 5.97. The highest BCUT2D eigenvalue weighted by molar-refractivity contribution is 8.13. The summed E-state index contributed by atoms with van der Waals surface area (Å²) in [4.78, 5) is 4.82. The lowest BCUT2D eigenvalue weighted by Crippen LogP contribution is -2.37. The van der Waals surface area contributed by atoms with E-state index in [0.29, 0.717) is 12.1 Å². The fourth-order valence-corrected chi connectivity index (χ4v) is 3.88. The van der Waals surface area contributed by atoms with Crippen LogP contribution in [0.2, 0.25) is 0 Å². The SMILES string of the molecule is C1CC2CSC(NC3CCOC3)=NC2C1. The van der Waals surface area contributed by atoms with E-state index in [-0.39, 0.29) is 0 Å². The van der Waals surface area contributed by atoms with E-state index in [4.69, 9.17) is 9.73 Å². The minimum Gasteiger partial charge on any atom is -0.379 e. The first kappa shape index (κ1) is 9.97. The molecule has 1 saturated carbocycles.